The molecule has 0 aliphatic carbocycles. The Balaban J connectivity index is 1.43. The summed E-state index contributed by atoms with van der Waals surface area (Å²) in [5.41, 5.74) is 8.91. The van der Waals surface area contributed by atoms with Crippen molar-refractivity contribution in [2.24, 2.45) is 0 Å². The van der Waals surface area contributed by atoms with Gasteiger partial charge >= 0.3 is 0 Å². The van der Waals surface area contributed by atoms with Gasteiger partial charge in [0.2, 0.25) is 0 Å². The van der Waals surface area contributed by atoms with Gasteiger partial charge in [-0.2, -0.15) is 0 Å². The van der Waals surface area contributed by atoms with Crippen molar-refractivity contribution in [3.05, 3.63) is 133 Å². The number of nitrogens with zero attached hydrogens (tertiary/aromatic N) is 2. The van der Waals surface area contributed by atoms with E-state index in [0.29, 0.717) is 5.82 Å². The third-order valence-electron chi connectivity index (χ3n) is 6.72. The minimum absolute atomic E-state index is 0.699. The molecule has 7 aromatic rings. The fourth-order valence-corrected chi connectivity index (χ4v) is 4.90. The number of aromatic nitrogens is 2. The van der Waals surface area contributed by atoms with Gasteiger partial charge in [-0.1, -0.05) is 115 Å². The van der Waals surface area contributed by atoms with Gasteiger partial charge in [0.15, 0.2) is 5.82 Å². The molecule has 37 heavy (non-hydrogen) atoms. The van der Waals surface area contributed by atoms with E-state index in [0.717, 1.165) is 50.0 Å². The molecule has 174 valence electrons. The van der Waals surface area contributed by atoms with Crippen LogP contribution in [0.15, 0.2) is 138 Å². The number of fused-ring (bicyclic) bond motifs is 3. The zero-order chi connectivity index (χ0) is 24.6. The third-order valence-corrected chi connectivity index (χ3v) is 6.72. The smallest absolute Gasteiger partial charge is 0.160 e. The zero-order valence-electron chi connectivity index (χ0n) is 20.0. The number of furan rings is 1. The van der Waals surface area contributed by atoms with Gasteiger partial charge in [-0.05, 0) is 29.3 Å². The van der Waals surface area contributed by atoms with Gasteiger partial charge in [0.1, 0.15) is 11.2 Å². The largest absolute Gasteiger partial charge is 0.456 e. The number of benzene rings is 5. The SMILES string of the molecule is c1ccc(-c2ccc(-c3cc(-c4cccc5oc6ccccc6c45)nc(-c4ccccc4)n3)cc2)cc1. The van der Waals surface area contributed by atoms with Crippen molar-refractivity contribution in [2.75, 3.05) is 0 Å². The Hall–Kier alpha value is -5.02. The second-order valence-electron chi connectivity index (χ2n) is 9.05. The van der Waals surface area contributed by atoms with E-state index >= 15 is 0 Å². The Morgan fingerprint density at radius 1 is 0.432 bits per heavy atom. The molecule has 0 spiro atoms. The van der Waals surface area contributed by atoms with Gasteiger partial charge in [0.05, 0.1) is 11.4 Å². The fourth-order valence-electron chi connectivity index (χ4n) is 4.90. The van der Waals surface area contributed by atoms with Crippen LogP contribution >= 0.6 is 0 Å². The molecule has 5 aromatic carbocycles. The molecule has 0 amide bonds. The average Bonchev–Trinajstić information content (AvgIpc) is 3.37. The molecular weight excluding hydrogens is 452 g/mol. The summed E-state index contributed by atoms with van der Waals surface area (Å²) in [6.45, 7) is 0. The summed E-state index contributed by atoms with van der Waals surface area (Å²) >= 11 is 0. The van der Waals surface area contributed by atoms with Crippen molar-refractivity contribution < 1.29 is 4.42 Å². The maximum absolute atomic E-state index is 6.16. The lowest BCUT2D eigenvalue weighted by Gasteiger charge is -2.11. The minimum atomic E-state index is 0.699. The summed E-state index contributed by atoms with van der Waals surface area (Å²) in [5.74, 6) is 0.699. The first-order valence-electron chi connectivity index (χ1n) is 12.3. The summed E-state index contributed by atoms with van der Waals surface area (Å²) in [6.07, 6.45) is 0. The van der Waals surface area contributed by atoms with Crippen molar-refractivity contribution in [1.82, 2.24) is 9.97 Å². The number of para-hydroxylation sites is 1. The van der Waals surface area contributed by atoms with Crippen molar-refractivity contribution in [2.45, 2.75) is 0 Å². The van der Waals surface area contributed by atoms with Gasteiger partial charge in [-0.3, -0.25) is 0 Å². The van der Waals surface area contributed by atoms with Crippen LogP contribution in [0.1, 0.15) is 0 Å². The van der Waals surface area contributed by atoms with Crippen LogP contribution in [-0.4, -0.2) is 9.97 Å². The molecule has 0 saturated heterocycles. The highest BCUT2D eigenvalue weighted by Gasteiger charge is 2.16. The lowest BCUT2D eigenvalue weighted by atomic mass is 10.00. The summed E-state index contributed by atoms with van der Waals surface area (Å²) in [4.78, 5) is 10.0. The highest BCUT2D eigenvalue weighted by Crippen LogP contribution is 2.37. The molecule has 3 nitrogen and oxygen atoms in total. The Bertz CT molecular complexity index is 1850. The summed E-state index contributed by atoms with van der Waals surface area (Å²) in [7, 11) is 0. The number of hydrogen-bond donors (Lipinski definition) is 0. The Morgan fingerprint density at radius 3 is 1.81 bits per heavy atom. The van der Waals surface area contributed by atoms with Gasteiger partial charge in [0, 0.05) is 27.5 Å². The van der Waals surface area contributed by atoms with Crippen molar-refractivity contribution in [3.63, 3.8) is 0 Å². The van der Waals surface area contributed by atoms with E-state index in [-0.39, 0.29) is 0 Å². The van der Waals surface area contributed by atoms with Crippen molar-refractivity contribution in [3.8, 4) is 45.0 Å². The van der Waals surface area contributed by atoms with E-state index in [1.54, 1.807) is 0 Å². The van der Waals surface area contributed by atoms with E-state index < -0.39 is 0 Å². The third kappa shape index (κ3) is 3.87. The maximum Gasteiger partial charge on any atom is 0.160 e. The second-order valence-corrected chi connectivity index (χ2v) is 9.05. The molecule has 0 atom stereocenters. The van der Waals surface area contributed by atoms with E-state index in [2.05, 4.69) is 78.9 Å². The summed E-state index contributed by atoms with van der Waals surface area (Å²) < 4.78 is 6.16. The first kappa shape index (κ1) is 21.3. The number of rotatable bonds is 4. The highest BCUT2D eigenvalue weighted by atomic mass is 16.3. The van der Waals surface area contributed by atoms with Crippen LogP contribution in [0.5, 0.6) is 0 Å². The minimum Gasteiger partial charge on any atom is -0.456 e. The molecule has 0 bridgehead atoms. The van der Waals surface area contributed by atoms with Crippen LogP contribution in [0.3, 0.4) is 0 Å². The van der Waals surface area contributed by atoms with Crippen LogP contribution in [0.25, 0.3) is 67.0 Å². The fraction of sp³-hybridized carbons (Fsp3) is 0. The molecule has 0 aliphatic rings. The molecule has 0 aliphatic heterocycles. The van der Waals surface area contributed by atoms with E-state index in [1.165, 1.54) is 11.1 Å². The van der Waals surface area contributed by atoms with Gasteiger partial charge < -0.3 is 4.42 Å². The highest BCUT2D eigenvalue weighted by molar-refractivity contribution is 6.12. The Morgan fingerprint density at radius 2 is 1.03 bits per heavy atom. The molecule has 2 aromatic heterocycles. The van der Waals surface area contributed by atoms with E-state index in [1.807, 2.05) is 54.6 Å². The molecule has 3 heteroatoms. The summed E-state index contributed by atoms with van der Waals surface area (Å²) in [5, 5.41) is 2.16. The first-order chi connectivity index (χ1) is 18.3. The van der Waals surface area contributed by atoms with E-state index in [9.17, 15) is 0 Å². The molecule has 0 N–H and O–H groups in total. The molecule has 0 saturated carbocycles. The van der Waals surface area contributed by atoms with Crippen molar-refractivity contribution >= 4 is 21.9 Å². The molecular formula is C34H22N2O. The molecule has 0 radical (unpaired) electrons. The van der Waals surface area contributed by atoms with Crippen LogP contribution in [0, 0.1) is 0 Å². The topological polar surface area (TPSA) is 38.9 Å². The standard InChI is InChI=1S/C34H22N2O/c1-3-10-23(11-4-1)24-18-20-25(21-19-24)29-22-30(36-34(35-29)26-12-5-2-6-13-26)27-15-9-17-32-33(27)28-14-7-8-16-31(28)37-32/h1-22H. The van der Waals surface area contributed by atoms with Gasteiger partial charge in [-0.15, -0.1) is 0 Å². The summed E-state index contributed by atoms with van der Waals surface area (Å²) in [6, 6.07) is 45.5. The first-order valence-corrected chi connectivity index (χ1v) is 12.3. The van der Waals surface area contributed by atoms with Crippen molar-refractivity contribution in [1.29, 1.82) is 0 Å². The van der Waals surface area contributed by atoms with Gasteiger partial charge in [0.25, 0.3) is 0 Å². The lowest BCUT2D eigenvalue weighted by Crippen LogP contribution is -1.96. The molecule has 2 heterocycles. The number of hydrogen-bond acceptors (Lipinski definition) is 3. The predicted octanol–water partition coefficient (Wildman–Crippen LogP) is 9.04. The lowest BCUT2D eigenvalue weighted by molar-refractivity contribution is 0.669. The molecule has 0 fully saturated rings. The molecule has 7 rings (SSSR count). The maximum atomic E-state index is 6.16. The van der Waals surface area contributed by atoms with Gasteiger partial charge in [-0.25, -0.2) is 9.97 Å². The predicted molar refractivity (Wildman–Crippen MR) is 151 cm³/mol. The monoisotopic (exact) mass is 474 g/mol. The van der Waals surface area contributed by atoms with Crippen LogP contribution in [0.4, 0.5) is 0 Å². The normalized spacial score (nSPS) is 11.2. The average molecular weight is 475 g/mol. The van der Waals surface area contributed by atoms with Crippen LogP contribution in [-0.2, 0) is 0 Å². The Labute approximate surface area is 214 Å². The van der Waals surface area contributed by atoms with Crippen LogP contribution in [0.2, 0.25) is 0 Å². The molecule has 0 unspecified atom stereocenters. The van der Waals surface area contributed by atoms with E-state index in [4.69, 9.17) is 14.4 Å². The quantitative estimate of drug-likeness (QED) is 0.255. The zero-order valence-corrected chi connectivity index (χ0v) is 20.0. The second kappa shape index (κ2) is 8.89. The van der Waals surface area contributed by atoms with Crippen LogP contribution < -0.4 is 0 Å². The Kier molecular flexibility index (Phi) is 5.11.